The predicted molar refractivity (Wildman–Crippen MR) is 71.3 cm³/mol. The SMILES string of the molecule is CNCc1cccnc1-n1nc(C)c(Br)c1C. The number of rotatable bonds is 3. The molecule has 4 nitrogen and oxygen atoms in total. The maximum atomic E-state index is 4.50. The first-order chi connectivity index (χ1) is 8.15. The molecule has 2 rings (SSSR count). The van der Waals surface area contributed by atoms with Crippen LogP contribution in [0.15, 0.2) is 22.8 Å². The van der Waals surface area contributed by atoms with Crippen LogP contribution in [-0.2, 0) is 6.54 Å². The Kier molecular flexibility index (Phi) is 3.59. The number of hydrogen-bond acceptors (Lipinski definition) is 3. The average molecular weight is 295 g/mol. The molecule has 90 valence electrons. The summed E-state index contributed by atoms with van der Waals surface area (Å²) in [6, 6.07) is 4.00. The van der Waals surface area contributed by atoms with Gasteiger partial charge in [-0.2, -0.15) is 5.10 Å². The highest BCUT2D eigenvalue weighted by Gasteiger charge is 2.13. The summed E-state index contributed by atoms with van der Waals surface area (Å²) < 4.78 is 2.92. The molecule has 0 fully saturated rings. The monoisotopic (exact) mass is 294 g/mol. The molecule has 2 aromatic rings. The largest absolute Gasteiger partial charge is 0.316 e. The van der Waals surface area contributed by atoms with Crippen LogP contribution in [-0.4, -0.2) is 21.8 Å². The standard InChI is InChI=1S/C12H15BrN4/c1-8-11(13)9(2)17(16-8)12-10(7-14-3)5-4-6-15-12/h4-6,14H,7H2,1-3H3. The first-order valence-electron chi connectivity index (χ1n) is 5.45. The molecule has 0 aromatic carbocycles. The van der Waals surface area contributed by atoms with E-state index >= 15 is 0 Å². The fourth-order valence-electron chi connectivity index (χ4n) is 1.78. The molecule has 0 spiro atoms. The number of hydrogen-bond donors (Lipinski definition) is 1. The summed E-state index contributed by atoms with van der Waals surface area (Å²) in [5, 5.41) is 7.64. The van der Waals surface area contributed by atoms with Crippen LogP contribution in [0.1, 0.15) is 17.0 Å². The second kappa shape index (κ2) is 4.98. The Hall–Kier alpha value is -1.20. The molecule has 0 amide bonds. The van der Waals surface area contributed by atoms with E-state index in [9.17, 15) is 0 Å². The van der Waals surface area contributed by atoms with Gasteiger partial charge in [0, 0.05) is 18.3 Å². The summed E-state index contributed by atoms with van der Waals surface area (Å²) in [5.74, 6) is 0.883. The van der Waals surface area contributed by atoms with Gasteiger partial charge in [0.1, 0.15) is 0 Å². The Morgan fingerprint density at radius 2 is 2.18 bits per heavy atom. The van der Waals surface area contributed by atoms with Gasteiger partial charge < -0.3 is 5.32 Å². The molecule has 2 aromatic heterocycles. The third kappa shape index (κ3) is 2.25. The van der Waals surface area contributed by atoms with E-state index in [4.69, 9.17) is 0 Å². The summed E-state index contributed by atoms with van der Waals surface area (Å²) in [5.41, 5.74) is 3.18. The molecule has 0 saturated heterocycles. The van der Waals surface area contributed by atoms with Crippen LogP contribution in [0.3, 0.4) is 0 Å². The van der Waals surface area contributed by atoms with E-state index in [1.807, 2.05) is 31.6 Å². The van der Waals surface area contributed by atoms with Crippen molar-refractivity contribution in [1.29, 1.82) is 0 Å². The van der Waals surface area contributed by atoms with E-state index in [2.05, 4.69) is 37.4 Å². The van der Waals surface area contributed by atoms with Crippen molar-refractivity contribution in [1.82, 2.24) is 20.1 Å². The normalized spacial score (nSPS) is 10.8. The van der Waals surface area contributed by atoms with Gasteiger partial charge in [-0.15, -0.1) is 0 Å². The molecule has 17 heavy (non-hydrogen) atoms. The Morgan fingerprint density at radius 1 is 1.41 bits per heavy atom. The number of pyridine rings is 1. The molecule has 0 unspecified atom stereocenters. The van der Waals surface area contributed by atoms with Gasteiger partial charge in [-0.05, 0) is 42.9 Å². The maximum absolute atomic E-state index is 4.50. The number of nitrogens with one attached hydrogen (secondary N) is 1. The minimum atomic E-state index is 0.777. The lowest BCUT2D eigenvalue weighted by atomic mass is 10.2. The third-order valence-electron chi connectivity index (χ3n) is 2.64. The van der Waals surface area contributed by atoms with Crippen LogP contribution in [0, 0.1) is 13.8 Å². The number of aromatic nitrogens is 3. The van der Waals surface area contributed by atoms with E-state index in [1.165, 1.54) is 0 Å². The van der Waals surface area contributed by atoms with Gasteiger partial charge in [0.15, 0.2) is 5.82 Å². The summed E-state index contributed by atoms with van der Waals surface area (Å²) in [6.45, 7) is 4.79. The Bertz CT molecular complexity index is 533. The first-order valence-corrected chi connectivity index (χ1v) is 6.25. The lowest BCUT2D eigenvalue weighted by Crippen LogP contribution is -2.12. The van der Waals surface area contributed by atoms with Crippen LogP contribution in [0.2, 0.25) is 0 Å². The summed E-state index contributed by atoms with van der Waals surface area (Å²) >= 11 is 3.53. The van der Waals surface area contributed by atoms with Gasteiger partial charge in [-0.3, -0.25) is 0 Å². The zero-order valence-electron chi connectivity index (χ0n) is 10.2. The number of aryl methyl sites for hydroxylation is 1. The minimum Gasteiger partial charge on any atom is -0.316 e. The fourth-order valence-corrected chi connectivity index (χ4v) is 2.03. The predicted octanol–water partition coefficient (Wildman–Crippen LogP) is 2.37. The molecule has 0 radical (unpaired) electrons. The molecular formula is C12H15BrN4. The van der Waals surface area contributed by atoms with E-state index in [0.717, 1.165) is 33.8 Å². The van der Waals surface area contributed by atoms with Crippen molar-refractivity contribution in [2.45, 2.75) is 20.4 Å². The quantitative estimate of drug-likeness (QED) is 0.945. The highest BCUT2D eigenvalue weighted by Crippen LogP contribution is 2.23. The second-order valence-electron chi connectivity index (χ2n) is 3.91. The fraction of sp³-hybridized carbons (Fsp3) is 0.333. The number of halogens is 1. The van der Waals surface area contributed by atoms with Crippen molar-refractivity contribution in [3.63, 3.8) is 0 Å². The van der Waals surface area contributed by atoms with E-state index < -0.39 is 0 Å². The van der Waals surface area contributed by atoms with Gasteiger partial charge in [0.25, 0.3) is 0 Å². The zero-order valence-corrected chi connectivity index (χ0v) is 11.7. The Labute approximate surface area is 109 Å². The molecule has 5 heteroatoms. The molecule has 2 heterocycles. The minimum absolute atomic E-state index is 0.777. The van der Waals surface area contributed by atoms with Crippen molar-refractivity contribution in [3.05, 3.63) is 39.8 Å². The molecule has 0 aliphatic carbocycles. The summed E-state index contributed by atoms with van der Waals surface area (Å²) in [6.07, 6.45) is 1.79. The van der Waals surface area contributed by atoms with Crippen LogP contribution < -0.4 is 5.32 Å². The van der Waals surface area contributed by atoms with Crippen LogP contribution in [0.4, 0.5) is 0 Å². The van der Waals surface area contributed by atoms with Crippen LogP contribution >= 0.6 is 15.9 Å². The third-order valence-corrected chi connectivity index (χ3v) is 3.79. The van der Waals surface area contributed by atoms with E-state index in [0.29, 0.717) is 0 Å². The smallest absolute Gasteiger partial charge is 0.158 e. The molecule has 0 bridgehead atoms. The van der Waals surface area contributed by atoms with E-state index in [1.54, 1.807) is 6.20 Å². The second-order valence-corrected chi connectivity index (χ2v) is 4.71. The highest BCUT2D eigenvalue weighted by atomic mass is 79.9. The highest BCUT2D eigenvalue weighted by molar-refractivity contribution is 9.10. The lowest BCUT2D eigenvalue weighted by molar-refractivity contribution is 0.755. The molecular weight excluding hydrogens is 280 g/mol. The van der Waals surface area contributed by atoms with Gasteiger partial charge in [0.2, 0.25) is 0 Å². The Morgan fingerprint density at radius 3 is 2.76 bits per heavy atom. The van der Waals surface area contributed by atoms with Crippen molar-refractivity contribution >= 4 is 15.9 Å². The summed E-state index contributed by atoms with van der Waals surface area (Å²) in [4.78, 5) is 4.42. The first kappa shape index (κ1) is 12.3. The van der Waals surface area contributed by atoms with Crippen molar-refractivity contribution in [3.8, 4) is 5.82 Å². The number of nitrogens with zero attached hydrogens (tertiary/aromatic N) is 3. The van der Waals surface area contributed by atoms with Gasteiger partial charge >= 0.3 is 0 Å². The lowest BCUT2D eigenvalue weighted by Gasteiger charge is -2.09. The van der Waals surface area contributed by atoms with Crippen molar-refractivity contribution in [2.24, 2.45) is 0 Å². The van der Waals surface area contributed by atoms with Crippen LogP contribution in [0.25, 0.3) is 5.82 Å². The molecule has 1 N–H and O–H groups in total. The molecule has 0 aliphatic rings. The van der Waals surface area contributed by atoms with Crippen molar-refractivity contribution < 1.29 is 0 Å². The topological polar surface area (TPSA) is 42.7 Å². The zero-order chi connectivity index (χ0) is 12.4. The van der Waals surface area contributed by atoms with Gasteiger partial charge in [-0.1, -0.05) is 6.07 Å². The molecule has 0 atom stereocenters. The Balaban J connectivity index is 2.56. The van der Waals surface area contributed by atoms with Crippen molar-refractivity contribution in [2.75, 3.05) is 7.05 Å². The average Bonchev–Trinajstić information content (AvgIpc) is 2.58. The van der Waals surface area contributed by atoms with Gasteiger partial charge in [0.05, 0.1) is 15.9 Å². The summed E-state index contributed by atoms with van der Waals surface area (Å²) in [7, 11) is 1.92. The van der Waals surface area contributed by atoms with Gasteiger partial charge in [-0.25, -0.2) is 9.67 Å². The molecule has 0 saturated carbocycles. The molecule has 0 aliphatic heterocycles. The van der Waals surface area contributed by atoms with Crippen LogP contribution in [0.5, 0.6) is 0 Å². The maximum Gasteiger partial charge on any atom is 0.158 e. The van der Waals surface area contributed by atoms with E-state index in [-0.39, 0.29) is 0 Å².